The van der Waals surface area contributed by atoms with Crippen LogP contribution < -0.4 is 19.7 Å². The average Bonchev–Trinajstić information content (AvgIpc) is 2.78. The smallest absolute Gasteiger partial charge is 0.265 e. The molecule has 1 saturated heterocycles. The number of carbonyl (C=O) groups excluding carboxylic acids is 2. The van der Waals surface area contributed by atoms with E-state index in [2.05, 4.69) is 10.2 Å². The number of carbonyl (C=O) groups is 2. The van der Waals surface area contributed by atoms with Gasteiger partial charge in [-0.25, -0.2) is 0 Å². The molecule has 30 heavy (non-hydrogen) atoms. The predicted molar refractivity (Wildman–Crippen MR) is 114 cm³/mol. The Morgan fingerprint density at radius 1 is 1.07 bits per heavy atom. The SMILES string of the molecule is C[C@H](NC(=O)C1COc2ccccc2O1)C(=O)N1CCN(c2cccc(Cl)c2)CC1. The highest BCUT2D eigenvalue weighted by Gasteiger charge is 2.31. The van der Waals surface area contributed by atoms with Crippen molar-refractivity contribution in [3.05, 3.63) is 53.6 Å². The first kappa shape index (κ1) is 20.3. The van der Waals surface area contributed by atoms with Crippen molar-refractivity contribution in [3.8, 4) is 11.5 Å². The van der Waals surface area contributed by atoms with Gasteiger partial charge in [0.25, 0.3) is 5.91 Å². The molecule has 2 heterocycles. The molecule has 2 amide bonds. The first-order valence-corrected chi connectivity index (χ1v) is 10.4. The van der Waals surface area contributed by atoms with Crippen molar-refractivity contribution in [2.24, 2.45) is 0 Å². The Hall–Kier alpha value is -2.93. The lowest BCUT2D eigenvalue weighted by molar-refractivity contribution is -0.139. The van der Waals surface area contributed by atoms with Gasteiger partial charge in [0.05, 0.1) is 0 Å². The molecule has 1 N–H and O–H groups in total. The second-order valence-electron chi connectivity index (χ2n) is 7.39. The van der Waals surface area contributed by atoms with Crippen molar-refractivity contribution >= 4 is 29.1 Å². The van der Waals surface area contributed by atoms with Gasteiger partial charge in [0.15, 0.2) is 11.5 Å². The van der Waals surface area contributed by atoms with Crippen LogP contribution in [0.4, 0.5) is 5.69 Å². The minimum atomic E-state index is -0.783. The summed E-state index contributed by atoms with van der Waals surface area (Å²) in [7, 11) is 0. The zero-order valence-electron chi connectivity index (χ0n) is 16.7. The molecule has 0 aromatic heterocycles. The summed E-state index contributed by atoms with van der Waals surface area (Å²) >= 11 is 6.07. The van der Waals surface area contributed by atoms with Crippen molar-refractivity contribution in [2.45, 2.75) is 19.1 Å². The molecule has 0 spiro atoms. The fraction of sp³-hybridized carbons (Fsp3) is 0.364. The number of nitrogens with zero attached hydrogens (tertiary/aromatic N) is 2. The van der Waals surface area contributed by atoms with Gasteiger partial charge in [0, 0.05) is 36.9 Å². The van der Waals surface area contributed by atoms with Gasteiger partial charge >= 0.3 is 0 Å². The van der Waals surface area contributed by atoms with E-state index in [0.29, 0.717) is 42.7 Å². The fourth-order valence-electron chi connectivity index (χ4n) is 3.65. The van der Waals surface area contributed by atoms with Crippen LogP contribution in [0.1, 0.15) is 6.92 Å². The lowest BCUT2D eigenvalue weighted by Crippen LogP contribution is -2.56. The number of rotatable bonds is 4. The summed E-state index contributed by atoms with van der Waals surface area (Å²) in [6.45, 7) is 4.40. The zero-order chi connectivity index (χ0) is 21.1. The van der Waals surface area contributed by atoms with E-state index in [9.17, 15) is 9.59 Å². The maximum Gasteiger partial charge on any atom is 0.265 e. The summed E-state index contributed by atoms with van der Waals surface area (Å²) in [5, 5.41) is 3.46. The number of piperazine rings is 1. The van der Waals surface area contributed by atoms with E-state index >= 15 is 0 Å². The summed E-state index contributed by atoms with van der Waals surface area (Å²) < 4.78 is 11.3. The van der Waals surface area contributed by atoms with Crippen LogP contribution in [0.5, 0.6) is 11.5 Å². The molecular formula is C22H24ClN3O4. The number of benzene rings is 2. The Bertz CT molecular complexity index is 930. The van der Waals surface area contributed by atoms with Crippen LogP contribution >= 0.6 is 11.6 Å². The maximum absolute atomic E-state index is 12.8. The molecule has 2 aromatic rings. The van der Waals surface area contributed by atoms with Gasteiger partial charge in [0.2, 0.25) is 12.0 Å². The molecule has 0 bridgehead atoms. The Kier molecular flexibility index (Phi) is 5.99. The van der Waals surface area contributed by atoms with Crippen molar-refractivity contribution in [3.63, 3.8) is 0 Å². The first-order valence-electron chi connectivity index (χ1n) is 9.99. The molecule has 7 nitrogen and oxygen atoms in total. The summed E-state index contributed by atoms with van der Waals surface area (Å²) in [5.41, 5.74) is 1.05. The number of anilines is 1. The van der Waals surface area contributed by atoms with Crippen LogP contribution in [0.2, 0.25) is 5.02 Å². The fourth-order valence-corrected chi connectivity index (χ4v) is 3.83. The van der Waals surface area contributed by atoms with Crippen molar-refractivity contribution in [1.29, 1.82) is 0 Å². The third-order valence-corrected chi connectivity index (χ3v) is 5.53. The van der Waals surface area contributed by atoms with Crippen LogP contribution in [-0.2, 0) is 9.59 Å². The third kappa shape index (κ3) is 4.46. The standard InChI is InChI=1S/C22H24ClN3O4/c1-15(24-21(27)20-14-29-18-7-2-3-8-19(18)30-20)22(28)26-11-9-25(10-12-26)17-6-4-5-16(23)13-17/h2-8,13,15,20H,9-12,14H2,1H3,(H,24,27)/t15-,20?/m0/s1. The number of amides is 2. The maximum atomic E-state index is 12.8. The van der Waals surface area contributed by atoms with Crippen LogP contribution in [0.25, 0.3) is 0 Å². The van der Waals surface area contributed by atoms with E-state index in [1.807, 2.05) is 36.4 Å². The second kappa shape index (κ2) is 8.83. The molecule has 8 heteroatoms. The topological polar surface area (TPSA) is 71.1 Å². The number of hydrogen-bond donors (Lipinski definition) is 1. The Morgan fingerprint density at radius 2 is 1.80 bits per heavy atom. The minimum Gasteiger partial charge on any atom is -0.485 e. The van der Waals surface area contributed by atoms with Crippen LogP contribution in [-0.4, -0.2) is 61.6 Å². The zero-order valence-corrected chi connectivity index (χ0v) is 17.5. The molecule has 0 aliphatic carbocycles. The van der Waals surface area contributed by atoms with Crippen molar-refractivity contribution < 1.29 is 19.1 Å². The minimum absolute atomic E-state index is 0.105. The lowest BCUT2D eigenvalue weighted by atomic mass is 10.2. The van der Waals surface area contributed by atoms with Crippen molar-refractivity contribution in [2.75, 3.05) is 37.7 Å². The van der Waals surface area contributed by atoms with Gasteiger partial charge in [0.1, 0.15) is 12.6 Å². The average molecular weight is 430 g/mol. The van der Waals surface area contributed by atoms with Gasteiger partial charge < -0.3 is 24.6 Å². The summed E-state index contributed by atoms with van der Waals surface area (Å²) in [5.74, 6) is 0.678. The van der Waals surface area contributed by atoms with Gasteiger partial charge in [-0.15, -0.1) is 0 Å². The molecule has 0 radical (unpaired) electrons. The summed E-state index contributed by atoms with van der Waals surface area (Å²) in [6, 6.07) is 14.3. The summed E-state index contributed by atoms with van der Waals surface area (Å²) in [6.07, 6.45) is -0.783. The highest BCUT2D eigenvalue weighted by atomic mass is 35.5. The van der Waals surface area contributed by atoms with Gasteiger partial charge in [-0.05, 0) is 37.3 Å². The Morgan fingerprint density at radius 3 is 2.53 bits per heavy atom. The lowest BCUT2D eigenvalue weighted by Gasteiger charge is -2.37. The molecular weight excluding hydrogens is 406 g/mol. The molecule has 4 rings (SSSR count). The number of halogens is 1. The highest BCUT2D eigenvalue weighted by Crippen LogP contribution is 2.30. The Balaban J connectivity index is 1.28. The van der Waals surface area contributed by atoms with Crippen LogP contribution in [0.15, 0.2) is 48.5 Å². The second-order valence-corrected chi connectivity index (χ2v) is 7.82. The van der Waals surface area contributed by atoms with E-state index in [4.69, 9.17) is 21.1 Å². The number of ether oxygens (including phenoxy) is 2. The van der Waals surface area contributed by atoms with Crippen LogP contribution in [0.3, 0.4) is 0 Å². The van der Waals surface area contributed by atoms with Gasteiger partial charge in [-0.2, -0.15) is 0 Å². The van der Waals surface area contributed by atoms with Crippen molar-refractivity contribution in [1.82, 2.24) is 10.2 Å². The summed E-state index contributed by atoms with van der Waals surface area (Å²) in [4.78, 5) is 29.4. The highest BCUT2D eigenvalue weighted by molar-refractivity contribution is 6.30. The molecule has 158 valence electrons. The van der Waals surface area contributed by atoms with Gasteiger partial charge in [-0.3, -0.25) is 9.59 Å². The molecule has 0 saturated carbocycles. The monoisotopic (exact) mass is 429 g/mol. The normalized spacial score (nSPS) is 19.2. The molecule has 2 atom stereocenters. The van der Waals surface area contributed by atoms with Gasteiger partial charge in [-0.1, -0.05) is 29.8 Å². The van der Waals surface area contributed by atoms with E-state index in [1.165, 1.54) is 0 Å². The van der Waals surface area contributed by atoms with E-state index in [-0.39, 0.29) is 18.4 Å². The number of fused-ring (bicyclic) bond motifs is 1. The molecule has 1 fully saturated rings. The molecule has 1 unspecified atom stereocenters. The number of hydrogen-bond acceptors (Lipinski definition) is 5. The van der Waals surface area contributed by atoms with E-state index in [1.54, 1.807) is 24.0 Å². The predicted octanol–water partition coefficient (Wildman–Crippen LogP) is 2.33. The van der Waals surface area contributed by atoms with E-state index < -0.39 is 12.1 Å². The van der Waals surface area contributed by atoms with E-state index in [0.717, 1.165) is 5.69 Å². The quantitative estimate of drug-likeness (QED) is 0.807. The number of para-hydroxylation sites is 2. The largest absolute Gasteiger partial charge is 0.485 e. The Labute approximate surface area is 180 Å². The first-order chi connectivity index (χ1) is 14.5. The molecule has 2 aliphatic rings. The number of nitrogens with one attached hydrogen (secondary N) is 1. The molecule has 2 aromatic carbocycles. The molecule has 2 aliphatic heterocycles. The third-order valence-electron chi connectivity index (χ3n) is 5.29. The van der Waals surface area contributed by atoms with Crippen LogP contribution in [0, 0.1) is 0 Å².